The van der Waals surface area contributed by atoms with E-state index in [1.165, 1.54) is 5.56 Å². The monoisotopic (exact) mass is 345 g/mol. The molecule has 0 aromatic heterocycles. The molecule has 1 N–H and O–H groups in total. The van der Waals surface area contributed by atoms with Gasteiger partial charge in [0.15, 0.2) is 0 Å². The summed E-state index contributed by atoms with van der Waals surface area (Å²) >= 11 is 6.26. The Morgan fingerprint density at radius 1 is 0.680 bits per heavy atom. The number of hydrazone groups is 1. The molecule has 0 saturated carbocycles. The summed E-state index contributed by atoms with van der Waals surface area (Å²) in [6, 6.07) is 28.5. The summed E-state index contributed by atoms with van der Waals surface area (Å²) < 4.78 is 0. The Morgan fingerprint density at radius 2 is 1.24 bits per heavy atom. The summed E-state index contributed by atoms with van der Waals surface area (Å²) in [4.78, 5) is 0. The second-order valence-electron chi connectivity index (χ2n) is 5.68. The van der Waals surface area contributed by atoms with E-state index in [1.54, 1.807) is 5.12 Å². The Morgan fingerprint density at radius 3 is 1.88 bits per heavy atom. The molecule has 3 aromatic carbocycles. The molecule has 0 saturated heterocycles. The van der Waals surface area contributed by atoms with Crippen LogP contribution >= 0.6 is 11.6 Å². The van der Waals surface area contributed by atoms with E-state index >= 15 is 0 Å². The first-order valence-electron chi connectivity index (χ1n) is 8.03. The summed E-state index contributed by atoms with van der Waals surface area (Å²) in [5, 5.41) is 6.88. The molecule has 3 nitrogen and oxygen atoms in total. The molecule has 0 bridgehead atoms. The molecule has 0 spiro atoms. The normalized spacial score (nSPS) is 13.7. The highest BCUT2D eigenvalue weighted by Crippen LogP contribution is 2.24. The third kappa shape index (κ3) is 3.42. The minimum Gasteiger partial charge on any atom is -0.267 e. The van der Waals surface area contributed by atoms with Crippen LogP contribution in [0.4, 0.5) is 5.69 Å². The van der Waals surface area contributed by atoms with Crippen LogP contribution in [0.2, 0.25) is 0 Å². The van der Waals surface area contributed by atoms with Crippen LogP contribution in [0.15, 0.2) is 101 Å². The van der Waals surface area contributed by atoms with Crippen LogP contribution in [0.25, 0.3) is 11.1 Å². The number of rotatable bonds is 3. The number of hydrogen-bond donors (Lipinski definition) is 1. The van der Waals surface area contributed by atoms with Crippen molar-refractivity contribution in [2.45, 2.75) is 0 Å². The van der Waals surface area contributed by atoms with Crippen LogP contribution in [-0.4, -0.2) is 5.71 Å². The van der Waals surface area contributed by atoms with E-state index in [9.17, 15) is 0 Å². The summed E-state index contributed by atoms with van der Waals surface area (Å²) in [6.07, 6.45) is 1.83. The Bertz CT molecular complexity index is 916. The highest BCUT2D eigenvalue weighted by Gasteiger charge is 2.14. The molecule has 1 aliphatic rings. The van der Waals surface area contributed by atoms with E-state index in [2.05, 4.69) is 34.8 Å². The maximum atomic E-state index is 6.26. The van der Waals surface area contributed by atoms with Gasteiger partial charge in [-0.1, -0.05) is 84.4 Å². The smallest absolute Gasteiger partial charge is 0.124 e. The second-order valence-corrected chi connectivity index (χ2v) is 6.09. The molecule has 4 heteroatoms. The van der Waals surface area contributed by atoms with Crippen molar-refractivity contribution < 1.29 is 0 Å². The number of halogens is 1. The lowest BCUT2D eigenvalue weighted by Crippen LogP contribution is -2.35. The first-order chi connectivity index (χ1) is 12.3. The molecule has 0 unspecified atom stereocenters. The zero-order chi connectivity index (χ0) is 17.1. The molecule has 122 valence electrons. The number of hydrogen-bond acceptors (Lipinski definition) is 3. The Balaban J connectivity index is 1.63. The second kappa shape index (κ2) is 6.83. The zero-order valence-electron chi connectivity index (χ0n) is 13.4. The average Bonchev–Trinajstić information content (AvgIpc) is 2.69. The third-order valence-corrected chi connectivity index (χ3v) is 4.17. The minimum absolute atomic E-state index is 0.529. The molecule has 1 heterocycles. The van der Waals surface area contributed by atoms with Gasteiger partial charge >= 0.3 is 0 Å². The van der Waals surface area contributed by atoms with Gasteiger partial charge < -0.3 is 0 Å². The van der Waals surface area contributed by atoms with Crippen molar-refractivity contribution in [2.75, 3.05) is 5.12 Å². The quantitative estimate of drug-likeness (QED) is 0.664. The van der Waals surface area contributed by atoms with Gasteiger partial charge in [0, 0.05) is 11.6 Å². The van der Waals surface area contributed by atoms with Gasteiger partial charge in [0.1, 0.15) is 5.16 Å². The minimum atomic E-state index is 0.529. The molecule has 0 amide bonds. The number of hydrazine groups is 1. The fourth-order valence-electron chi connectivity index (χ4n) is 2.71. The summed E-state index contributed by atoms with van der Waals surface area (Å²) in [6.45, 7) is 0. The highest BCUT2D eigenvalue weighted by molar-refractivity contribution is 6.32. The fraction of sp³-hybridized carbons (Fsp3) is 0. The summed E-state index contributed by atoms with van der Waals surface area (Å²) in [7, 11) is 0. The van der Waals surface area contributed by atoms with Gasteiger partial charge in [-0.15, -0.1) is 0 Å². The van der Waals surface area contributed by atoms with Gasteiger partial charge in [-0.3, -0.25) is 5.43 Å². The van der Waals surface area contributed by atoms with Crippen molar-refractivity contribution >= 4 is 23.0 Å². The van der Waals surface area contributed by atoms with Crippen molar-refractivity contribution in [2.24, 2.45) is 5.10 Å². The third-order valence-electron chi connectivity index (χ3n) is 3.97. The summed E-state index contributed by atoms with van der Waals surface area (Å²) in [5.74, 6) is 0. The average molecular weight is 346 g/mol. The van der Waals surface area contributed by atoms with E-state index in [0.717, 1.165) is 22.5 Å². The van der Waals surface area contributed by atoms with Gasteiger partial charge in [-0.25, -0.2) is 0 Å². The van der Waals surface area contributed by atoms with Gasteiger partial charge in [0.05, 0.1) is 11.4 Å². The first-order valence-corrected chi connectivity index (χ1v) is 8.41. The highest BCUT2D eigenvalue weighted by atomic mass is 35.5. The maximum Gasteiger partial charge on any atom is 0.124 e. The maximum absolute atomic E-state index is 6.26. The molecular weight excluding hydrogens is 330 g/mol. The lowest BCUT2D eigenvalue weighted by molar-refractivity contribution is 0.758. The predicted octanol–water partition coefficient (Wildman–Crippen LogP) is 5.16. The van der Waals surface area contributed by atoms with E-state index in [4.69, 9.17) is 11.6 Å². The van der Waals surface area contributed by atoms with E-state index in [-0.39, 0.29) is 0 Å². The van der Waals surface area contributed by atoms with Crippen molar-refractivity contribution in [1.29, 1.82) is 0 Å². The lowest BCUT2D eigenvalue weighted by atomic mass is 10.1. The Kier molecular flexibility index (Phi) is 4.23. The number of benzene rings is 3. The molecule has 25 heavy (non-hydrogen) atoms. The molecule has 0 atom stereocenters. The van der Waals surface area contributed by atoms with Crippen molar-refractivity contribution in [1.82, 2.24) is 5.43 Å². The van der Waals surface area contributed by atoms with Crippen molar-refractivity contribution in [3.8, 4) is 11.1 Å². The van der Waals surface area contributed by atoms with E-state index in [0.29, 0.717) is 5.16 Å². The van der Waals surface area contributed by atoms with Crippen LogP contribution in [0.5, 0.6) is 0 Å². The standard InChI is InChI=1S/C21H16ClN3/c22-21-15-20(18-9-5-2-6-10-18)23-25(24-21)19-13-11-17(12-14-19)16-7-3-1-4-8-16/h1-15,24H. The molecule has 3 aromatic rings. The molecule has 0 fully saturated rings. The molecule has 4 rings (SSSR count). The largest absolute Gasteiger partial charge is 0.267 e. The van der Waals surface area contributed by atoms with E-state index in [1.807, 2.05) is 66.7 Å². The van der Waals surface area contributed by atoms with Crippen molar-refractivity contribution in [3.05, 3.63) is 102 Å². The number of nitrogens with one attached hydrogen (secondary N) is 1. The van der Waals surface area contributed by atoms with Crippen LogP contribution in [0.3, 0.4) is 0 Å². The first kappa shape index (κ1) is 15.5. The van der Waals surface area contributed by atoms with Gasteiger partial charge in [0.25, 0.3) is 0 Å². The Hall–Kier alpha value is -3.04. The molecule has 0 aliphatic carbocycles. The van der Waals surface area contributed by atoms with E-state index < -0.39 is 0 Å². The van der Waals surface area contributed by atoms with Gasteiger partial charge in [-0.05, 0) is 23.3 Å². The lowest BCUT2D eigenvalue weighted by Gasteiger charge is -2.25. The predicted molar refractivity (Wildman–Crippen MR) is 104 cm³/mol. The fourth-order valence-corrected chi connectivity index (χ4v) is 2.90. The van der Waals surface area contributed by atoms with Gasteiger partial charge in [0.2, 0.25) is 0 Å². The van der Waals surface area contributed by atoms with Crippen LogP contribution in [0, 0.1) is 0 Å². The Labute approximate surface area is 151 Å². The topological polar surface area (TPSA) is 27.6 Å². The van der Waals surface area contributed by atoms with Crippen LogP contribution in [0.1, 0.15) is 5.56 Å². The molecule has 0 radical (unpaired) electrons. The van der Waals surface area contributed by atoms with Gasteiger partial charge in [-0.2, -0.15) is 10.2 Å². The molecular formula is C21H16ClN3. The van der Waals surface area contributed by atoms with Crippen LogP contribution < -0.4 is 10.5 Å². The SMILES string of the molecule is ClC1=CC(c2ccccc2)=NN(c2ccc(-c3ccccc3)cc2)N1. The zero-order valence-corrected chi connectivity index (χ0v) is 14.2. The number of anilines is 1. The number of nitrogens with zero attached hydrogens (tertiary/aromatic N) is 2. The summed E-state index contributed by atoms with van der Waals surface area (Å²) in [5.41, 5.74) is 8.17. The van der Waals surface area contributed by atoms with Crippen LogP contribution in [-0.2, 0) is 0 Å². The molecule has 1 aliphatic heterocycles. The number of allylic oxidation sites excluding steroid dienone is 1. The van der Waals surface area contributed by atoms with Crippen molar-refractivity contribution in [3.63, 3.8) is 0 Å².